The molecule has 6 nitrogen and oxygen atoms in total. The van der Waals surface area contributed by atoms with Crippen molar-refractivity contribution in [1.82, 2.24) is 4.90 Å². The number of hydrogen-bond donors (Lipinski definition) is 0. The van der Waals surface area contributed by atoms with Gasteiger partial charge in [-0.2, -0.15) is 0 Å². The summed E-state index contributed by atoms with van der Waals surface area (Å²) in [5, 5.41) is -0.616. The van der Waals surface area contributed by atoms with E-state index < -0.39 is 15.1 Å². The highest BCUT2D eigenvalue weighted by Crippen LogP contribution is 2.25. The third kappa shape index (κ3) is 4.21. The number of carbonyl (C=O) groups is 2. The molecule has 0 radical (unpaired) electrons. The van der Waals surface area contributed by atoms with E-state index in [-0.39, 0.29) is 34.8 Å². The van der Waals surface area contributed by atoms with Crippen molar-refractivity contribution in [3.8, 4) is 0 Å². The fourth-order valence-corrected chi connectivity index (χ4v) is 4.17. The number of benzene rings is 1. The normalized spacial score (nSPS) is 18.2. The summed E-state index contributed by atoms with van der Waals surface area (Å²) >= 11 is 0. The molecule has 2 rings (SSSR count). The van der Waals surface area contributed by atoms with Crippen molar-refractivity contribution >= 4 is 21.7 Å². The number of likely N-dealkylation sites (tertiary alicyclic amines) is 1. The molecule has 138 valence electrons. The summed E-state index contributed by atoms with van der Waals surface area (Å²) in [6.45, 7) is 6.00. The van der Waals surface area contributed by atoms with Crippen molar-refractivity contribution < 1.29 is 22.7 Å². The van der Waals surface area contributed by atoms with Gasteiger partial charge >= 0.3 is 5.97 Å². The molecule has 1 aliphatic heterocycles. The van der Waals surface area contributed by atoms with Gasteiger partial charge in [0.2, 0.25) is 0 Å². The maximum absolute atomic E-state index is 12.9. The van der Waals surface area contributed by atoms with Crippen LogP contribution >= 0.6 is 0 Å². The third-order valence-corrected chi connectivity index (χ3v) is 6.58. The number of rotatable bonds is 5. The Morgan fingerprint density at radius 3 is 2.60 bits per heavy atom. The molecule has 1 aromatic carbocycles. The van der Waals surface area contributed by atoms with Gasteiger partial charge in [-0.15, -0.1) is 0 Å². The second-order valence-corrected chi connectivity index (χ2v) is 8.90. The summed E-state index contributed by atoms with van der Waals surface area (Å²) in [6, 6.07) is 6.27. The highest BCUT2D eigenvalue weighted by molar-refractivity contribution is 7.92. The quantitative estimate of drug-likeness (QED) is 0.746. The van der Waals surface area contributed by atoms with Crippen LogP contribution in [0, 0.1) is 5.92 Å². The molecule has 1 saturated heterocycles. The van der Waals surface area contributed by atoms with Crippen LogP contribution in [-0.2, 0) is 19.4 Å². The van der Waals surface area contributed by atoms with E-state index in [0.717, 1.165) is 0 Å². The molecule has 7 heteroatoms. The maximum Gasteiger partial charge on any atom is 0.310 e. The number of sulfone groups is 1. The number of ether oxygens (including phenoxy) is 1. The zero-order chi connectivity index (χ0) is 18.6. The van der Waals surface area contributed by atoms with E-state index in [1.807, 2.05) is 0 Å². The first-order valence-corrected chi connectivity index (χ1v) is 10.1. The van der Waals surface area contributed by atoms with Crippen LogP contribution in [0.4, 0.5) is 0 Å². The second kappa shape index (κ2) is 7.99. The van der Waals surface area contributed by atoms with Gasteiger partial charge in [0, 0.05) is 13.1 Å². The van der Waals surface area contributed by atoms with E-state index in [1.165, 1.54) is 12.1 Å². The lowest BCUT2D eigenvalue weighted by atomic mass is 9.97. The van der Waals surface area contributed by atoms with Crippen LogP contribution in [0.1, 0.15) is 44.0 Å². The Morgan fingerprint density at radius 1 is 1.28 bits per heavy atom. The Kier molecular flexibility index (Phi) is 6.21. The van der Waals surface area contributed by atoms with E-state index in [1.54, 1.807) is 37.8 Å². The fourth-order valence-electron chi connectivity index (χ4n) is 2.93. The molecule has 0 N–H and O–H groups in total. The molecule has 1 unspecified atom stereocenters. The molecule has 1 atom stereocenters. The SMILES string of the molecule is CCOC(=O)C1CCCN(C(=O)c2ccccc2S(=O)(=O)C(C)C)C1. The minimum Gasteiger partial charge on any atom is -0.466 e. The van der Waals surface area contributed by atoms with E-state index in [4.69, 9.17) is 4.74 Å². The van der Waals surface area contributed by atoms with Crippen LogP contribution in [-0.4, -0.2) is 50.1 Å². The topological polar surface area (TPSA) is 80.8 Å². The van der Waals surface area contributed by atoms with Crippen LogP contribution in [0.5, 0.6) is 0 Å². The molecule has 1 aliphatic rings. The van der Waals surface area contributed by atoms with Crippen LogP contribution in [0.25, 0.3) is 0 Å². The lowest BCUT2D eigenvalue weighted by Gasteiger charge is -2.32. The summed E-state index contributed by atoms with van der Waals surface area (Å²) in [6.07, 6.45) is 1.36. The molecule has 25 heavy (non-hydrogen) atoms. The number of carbonyl (C=O) groups excluding carboxylic acids is 2. The number of amides is 1. The number of piperidine rings is 1. The molecule has 1 aromatic rings. The predicted molar refractivity (Wildman–Crippen MR) is 94.0 cm³/mol. The van der Waals surface area contributed by atoms with E-state index in [9.17, 15) is 18.0 Å². The van der Waals surface area contributed by atoms with Gasteiger partial charge in [-0.1, -0.05) is 12.1 Å². The Bertz CT molecular complexity index is 742. The van der Waals surface area contributed by atoms with E-state index in [0.29, 0.717) is 26.0 Å². The Labute approximate surface area is 149 Å². The first-order valence-electron chi connectivity index (χ1n) is 8.57. The zero-order valence-corrected chi connectivity index (χ0v) is 15.7. The van der Waals surface area contributed by atoms with Crippen molar-refractivity contribution in [3.63, 3.8) is 0 Å². The maximum atomic E-state index is 12.9. The van der Waals surface area contributed by atoms with Crippen LogP contribution in [0.15, 0.2) is 29.2 Å². The molecular weight excluding hydrogens is 342 g/mol. The number of esters is 1. The molecular formula is C18H25NO5S. The Balaban J connectivity index is 2.28. The lowest BCUT2D eigenvalue weighted by molar-refractivity contribution is -0.149. The zero-order valence-electron chi connectivity index (χ0n) is 14.9. The molecule has 0 spiro atoms. The fraction of sp³-hybridized carbons (Fsp3) is 0.556. The van der Waals surface area contributed by atoms with Crippen molar-refractivity contribution in [2.75, 3.05) is 19.7 Å². The Hall–Kier alpha value is -1.89. The first-order chi connectivity index (χ1) is 11.8. The van der Waals surface area contributed by atoms with Gasteiger partial charge in [0.25, 0.3) is 5.91 Å². The second-order valence-electron chi connectivity index (χ2n) is 6.43. The van der Waals surface area contributed by atoms with Crippen LogP contribution in [0.3, 0.4) is 0 Å². The average molecular weight is 367 g/mol. The molecule has 0 saturated carbocycles. The molecule has 1 heterocycles. The van der Waals surface area contributed by atoms with Crippen molar-refractivity contribution in [2.45, 2.75) is 43.8 Å². The summed E-state index contributed by atoms with van der Waals surface area (Å²) in [7, 11) is -3.57. The monoisotopic (exact) mass is 367 g/mol. The smallest absolute Gasteiger partial charge is 0.310 e. The molecule has 0 aliphatic carbocycles. The molecule has 0 aromatic heterocycles. The largest absolute Gasteiger partial charge is 0.466 e. The van der Waals surface area contributed by atoms with E-state index in [2.05, 4.69) is 0 Å². The third-order valence-electron chi connectivity index (χ3n) is 4.37. The minimum absolute atomic E-state index is 0.0493. The van der Waals surface area contributed by atoms with E-state index >= 15 is 0 Å². The molecule has 1 fully saturated rings. The van der Waals surface area contributed by atoms with Crippen molar-refractivity contribution in [1.29, 1.82) is 0 Å². The minimum atomic E-state index is -3.57. The van der Waals surface area contributed by atoms with Gasteiger partial charge in [-0.25, -0.2) is 8.42 Å². The molecule has 0 bridgehead atoms. The van der Waals surface area contributed by atoms with Crippen molar-refractivity contribution in [2.24, 2.45) is 5.92 Å². The standard InChI is InChI=1S/C18H25NO5S/c1-4-24-18(21)14-8-7-11-19(12-14)17(20)15-9-5-6-10-16(15)25(22,23)13(2)3/h5-6,9-10,13-14H,4,7-8,11-12H2,1-3H3. The van der Waals surface area contributed by atoms with Crippen LogP contribution in [0.2, 0.25) is 0 Å². The van der Waals surface area contributed by atoms with Gasteiger partial charge in [0.05, 0.1) is 28.2 Å². The van der Waals surface area contributed by atoms with Gasteiger partial charge in [-0.3, -0.25) is 9.59 Å². The molecule has 1 amide bonds. The summed E-state index contributed by atoms with van der Waals surface area (Å²) < 4.78 is 30.2. The first kappa shape index (κ1) is 19.4. The summed E-state index contributed by atoms with van der Waals surface area (Å²) in [5.74, 6) is -1.01. The number of nitrogens with zero attached hydrogens (tertiary/aromatic N) is 1. The lowest BCUT2D eigenvalue weighted by Crippen LogP contribution is -2.43. The average Bonchev–Trinajstić information content (AvgIpc) is 2.61. The highest BCUT2D eigenvalue weighted by Gasteiger charge is 2.32. The van der Waals surface area contributed by atoms with Gasteiger partial charge in [0.1, 0.15) is 0 Å². The summed E-state index contributed by atoms with van der Waals surface area (Å²) in [5.41, 5.74) is 0.167. The number of hydrogen-bond acceptors (Lipinski definition) is 5. The van der Waals surface area contributed by atoms with Gasteiger partial charge in [0.15, 0.2) is 9.84 Å². The van der Waals surface area contributed by atoms with Crippen molar-refractivity contribution in [3.05, 3.63) is 29.8 Å². The Morgan fingerprint density at radius 2 is 1.96 bits per heavy atom. The predicted octanol–water partition coefficient (Wildman–Crippen LogP) is 2.28. The van der Waals surface area contributed by atoms with Gasteiger partial charge < -0.3 is 9.64 Å². The highest BCUT2D eigenvalue weighted by atomic mass is 32.2. The summed E-state index contributed by atoms with van der Waals surface area (Å²) in [4.78, 5) is 26.5. The van der Waals surface area contributed by atoms with Crippen LogP contribution < -0.4 is 0 Å². The van der Waals surface area contributed by atoms with Gasteiger partial charge in [-0.05, 0) is 45.7 Å².